The summed E-state index contributed by atoms with van der Waals surface area (Å²) in [5.41, 5.74) is 5.33. The lowest BCUT2D eigenvalue weighted by atomic mass is 9.91. The van der Waals surface area contributed by atoms with Crippen LogP contribution in [0.1, 0.15) is 33.6 Å². The molecule has 0 aromatic rings. The van der Waals surface area contributed by atoms with E-state index in [1.54, 1.807) is 0 Å². The zero-order chi connectivity index (χ0) is 11.5. The Labute approximate surface area is 93.6 Å². The quantitative estimate of drug-likeness (QED) is 0.736. The summed E-state index contributed by atoms with van der Waals surface area (Å²) in [6.07, 6.45) is 1.78. The summed E-state index contributed by atoms with van der Waals surface area (Å²) >= 11 is 0. The van der Waals surface area contributed by atoms with Crippen molar-refractivity contribution >= 4 is 0 Å². The second-order valence-electron chi connectivity index (χ2n) is 5.54. The molecule has 1 saturated heterocycles. The van der Waals surface area contributed by atoms with E-state index in [0.717, 1.165) is 39.0 Å². The van der Waals surface area contributed by atoms with Crippen LogP contribution in [0, 0.1) is 11.8 Å². The minimum atomic E-state index is -0.438. The van der Waals surface area contributed by atoms with Gasteiger partial charge in [-0.05, 0) is 38.1 Å². The highest BCUT2D eigenvalue weighted by Crippen LogP contribution is 2.22. The molecule has 15 heavy (non-hydrogen) atoms. The molecule has 1 heterocycles. The smallest absolute Gasteiger partial charge is 0.0644 e. The van der Waals surface area contributed by atoms with E-state index in [4.69, 9.17) is 5.73 Å². The van der Waals surface area contributed by atoms with E-state index in [0.29, 0.717) is 11.8 Å². The standard InChI is InChI=1S/C12H26N2O/c1-10(2)11(8-13)9-14-6-4-12(3,15)5-7-14/h10-11,15H,4-9,13H2,1-3H3. The molecule has 3 heteroatoms. The zero-order valence-electron chi connectivity index (χ0n) is 10.4. The number of hydrogen-bond acceptors (Lipinski definition) is 3. The molecule has 1 rings (SSSR count). The van der Waals surface area contributed by atoms with Gasteiger partial charge in [-0.25, -0.2) is 0 Å². The minimum Gasteiger partial charge on any atom is -0.390 e. The van der Waals surface area contributed by atoms with Crippen LogP contribution in [0.5, 0.6) is 0 Å². The van der Waals surface area contributed by atoms with Gasteiger partial charge in [0, 0.05) is 19.6 Å². The first-order chi connectivity index (χ1) is 6.94. The highest BCUT2D eigenvalue weighted by Gasteiger charge is 2.28. The maximum absolute atomic E-state index is 9.84. The molecule has 3 N–H and O–H groups in total. The normalized spacial score (nSPS) is 24.4. The number of nitrogens with zero attached hydrogens (tertiary/aromatic N) is 1. The van der Waals surface area contributed by atoms with E-state index in [9.17, 15) is 5.11 Å². The molecule has 0 saturated carbocycles. The van der Waals surface area contributed by atoms with Gasteiger partial charge in [0.25, 0.3) is 0 Å². The van der Waals surface area contributed by atoms with Gasteiger partial charge in [-0.3, -0.25) is 0 Å². The van der Waals surface area contributed by atoms with Crippen molar-refractivity contribution in [3.8, 4) is 0 Å². The van der Waals surface area contributed by atoms with E-state index in [-0.39, 0.29) is 0 Å². The van der Waals surface area contributed by atoms with Crippen molar-refractivity contribution < 1.29 is 5.11 Å². The molecule has 1 aliphatic rings. The molecule has 1 unspecified atom stereocenters. The second-order valence-corrected chi connectivity index (χ2v) is 5.54. The average molecular weight is 214 g/mol. The van der Waals surface area contributed by atoms with E-state index >= 15 is 0 Å². The lowest BCUT2D eigenvalue weighted by molar-refractivity contribution is -0.00992. The average Bonchev–Trinajstić information content (AvgIpc) is 2.15. The minimum absolute atomic E-state index is 0.438. The Balaban J connectivity index is 2.34. The molecule has 0 radical (unpaired) electrons. The first-order valence-electron chi connectivity index (χ1n) is 6.09. The Hall–Kier alpha value is -0.120. The van der Waals surface area contributed by atoms with Gasteiger partial charge in [-0.2, -0.15) is 0 Å². The fraction of sp³-hybridized carbons (Fsp3) is 1.00. The van der Waals surface area contributed by atoms with Crippen LogP contribution >= 0.6 is 0 Å². The van der Waals surface area contributed by atoms with Crippen molar-refractivity contribution in [3.05, 3.63) is 0 Å². The third-order valence-electron chi connectivity index (χ3n) is 3.67. The maximum Gasteiger partial charge on any atom is 0.0644 e. The number of rotatable bonds is 4. The van der Waals surface area contributed by atoms with Gasteiger partial charge in [0.2, 0.25) is 0 Å². The Morgan fingerprint density at radius 2 is 1.87 bits per heavy atom. The lowest BCUT2D eigenvalue weighted by Crippen LogP contribution is -2.45. The van der Waals surface area contributed by atoms with Gasteiger partial charge in [-0.15, -0.1) is 0 Å². The van der Waals surface area contributed by atoms with E-state index < -0.39 is 5.60 Å². The van der Waals surface area contributed by atoms with Crippen molar-refractivity contribution in [2.75, 3.05) is 26.2 Å². The number of nitrogens with two attached hydrogens (primary N) is 1. The van der Waals surface area contributed by atoms with Crippen molar-refractivity contribution in [1.29, 1.82) is 0 Å². The summed E-state index contributed by atoms with van der Waals surface area (Å²) in [6, 6.07) is 0. The first kappa shape index (κ1) is 12.9. The van der Waals surface area contributed by atoms with Crippen molar-refractivity contribution in [2.45, 2.75) is 39.2 Å². The summed E-state index contributed by atoms with van der Waals surface area (Å²) in [4.78, 5) is 2.44. The van der Waals surface area contributed by atoms with Crippen LogP contribution in [0.2, 0.25) is 0 Å². The van der Waals surface area contributed by atoms with E-state index in [2.05, 4.69) is 18.7 Å². The van der Waals surface area contributed by atoms with Gasteiger partial charge < -0.3 is 15.7 Å². The van der Waals surface area contributed by atoms with Gasteiger partial charge in [0.05, 0.1) is 5.60 Å². The molecule has 0 aromatic heterocycles. The molecule has 1 atom stereocenters. The van der Waals surface area contributed by atoms with E-state index in [1.807, 2.05) is 6.92 Å². The fourth-order valence-electron chi connectivity index (χ4n) is 2.11. The van der Waals surface area contributed by atoms with Gasteiger partial charge >= 0.3 is 0 Å². The molecule has 1 aliphatic heterocycles. The predicted molar refractivity (Wildman–Crippen MR) is 63.7 cm³/mol. The monoisotopic (exact) mass is 214 g/mol. The number of hydrogen-bond donors (Lipinski definition) is 2. The number of piperidine rings is 1. The van der Waals surface area contributed by atoms with Crippen LogP contribution in [0.3, 0.4) is 0 Å². The zero-order valence-corrected chi connectivity index (χ0v) is 10.4. The Morgan fingerprint density at radius 1 is 1.33 bits per heavy atom. The van der Waals surface area contributed by atoms with Crippen LogP contribution < -0.4 is 5.73 Å². The summed E-state index contributed by atoms with van der Waals surface area (Å²) in [7, 11) is 0. The molecule has 0 aliphatic carbocycles. The highest BCUT2D eigenvalue weighted by molar-refractivity contribution is 4.83. The summed E-state index contributed by atoms with van der Waals surface area (Å²) < 4.78 is 0. The first-order valence-corrected chi connectivity index (χ1v) is 6.09. The Kier molecular flexibility index (Phi) is 4.56. The predicted octanol–water partition coefficient (Wildman–Crippen LogP) is 1.06. The number of likely N-dealkylation sites (tertiary alicyclic amines) is 1. The molecule has 0 amide bonds. The highest BCUT2D eigenvalue weighted by atomic mass is 16.3. The molecule has 3 nitrogen and oxygen atoms in total. The third-order valence-corrected chi connectivity index (χ3v) is 3.67. The Bertz CT molecular complexity index is 182. The second kappa shape index (κ2) is 5.28. The number of aliphatic hydroxyl groups is 1. The van der Waals surface area contributed by atoms with Crippen molar-refractivity contribution in [1.82, 2.24) is 4.90 Å². The van der Waals surface area contributed by atoms with Crippen LogP contribution in [-0.4, -0.2) is 41.8 Å². The fourth-order valence-corrected chi connectivity index (χ4v) is 2.11. The molecular weight excluding hydrogens is 188 g/mol. The maximum atomic E-state index is 9.84. The molecule has 90 valence electrons. The van der Waals surface area contributed by atoms with Crippen LogP contribution in [0.4, 0.5) is 0 Å². The van der Waals surface area contributed by atoms with Crippen LogP contribution in [0.25, 0.3) is 0 Å². The third kappa shape index (κ3) is 4.09. The topological polar surface area (TPSA) is 49.5 Å². The molecule has 0 bridgehead atoms. The molecule has 1 fully saturated rings. The van der Waals surface area contributed by atoms with Gasteiger partial charge in [0.15, 0.2) is 0 Å². The Morgan fingerprint density at radius 3 is 2.27 bits per heavy atom. The largest absolute Gasteiger partial charge is 0.390 e. The van der Waals surface area contributed by atoms with Crippen LogP contribution in [0.15, 0.2) is 0 Å². The van der Waals surface area contributed by atoms with E-state index in [1.165, 1.54) is 0 Å². The van der Waals surface area contributed by atoms with Gasteiger partial charge in [0.1, 0.15) is 0 Å². The van der Waals surface area contributed by atoms with Gasteiger partial charge in [-0.1, -0.05) is 13.8 Å². The summed E-state index contributed by atoms with van der Waals surface area (Å²) in [6.45, 7) is 10.3. The van der Waals surface area contributed by atoms with Crippen LogP contribution in [-0.2, 0) is 0 Å². The molecular formula is C12H26N2O. The van der Waals surface area contributed by atoms with Crippen molar-refractivity contribution in [3.63, 3.8) is 0 Å². The SMILES string of the molecule is CC(C)C(CN)CN1CCC(C)(O)CC1. The molecule has 0 spiro atoms. The van der Waals surface area contributed by atoms with Crippen molar-refractivity contribution in [2.24, 2.45) is 17.6 Å². The molecule has 0 aromatic carbocycles. The summed E-state index contributed by atoms with van der Waals surface area (Å²) in [5, 5.41) is 9.84. The summed E-state index contributed by atoms with van der Waals surface area (Å²) in [5.74, 6) is 1.24. The lowest BCUT2D eigenvalue weighted by Gasteiger charge is -2.38.